The summed E-state index contributed by atoms with van der Waals surface area (Å²) in [6.45, 7) is -6.93. The molecule has 185 valence electrons. The van der Waals surface area contributed by atoms with Crippen LogP contribution in [-0.4, -0.2) is 32.3 Å². The van der Waals surface area contributed by atoms with Gasteiger partial charge in [-0.15, -0.1) is 0 Å². The molecule has 34 heavy (non-hydrogen) atoms. The van der Waals surface area contributed by atoms with Crippen LogP contribution in [-0.2, 0) is 20.2 Å². The molecule has 1 spiro atoms. The molecule has 2 aromatic rings. The third kappa shape index (κ3) is 2.63. The summed E-state index contributed by atoms with van der Waals surface area (Å²) in [6.07, 6.45) is -25.7. The molecular weight excluding hydrogens is 518 g/mol. The number of hydrogen-bond acceptors (Lipinski definition) is 2. The zero-order chi connectivity index (χ0) is 25.8. The van der Waals surface area contributed by atoms with Gasteiger partial charge in [0.15, 0.2) is 0 Å². The molecule has 0 saturated heterocycles. The fourth-order valence-electron chi connectivity index (χ4n) is 4.41. The molecule has 0 N–H and O–H groups in total. The van der Waals surface area contributed by atoms with E-state index in [4.69, 9.17) is 7.57 Å². The third-order valence-corrected chi connectivity index (χ3v) is 9.59. The number of benzene rings is 2. The fraction of sp³-hybridized carbons (Fsp3) is 0.333. The molecular formula is C18H8BF12O2P-. The van der Waals surface area contributed by atoms with Gasteiger partial charge in [-0.3, -0.25) is 0 Å². The van der Waals surface area contributed by atoms with E-state index >= 15 is 0 Å². The van der Waals surface area contributed by atoms with Crippen molar-refractivity contribution in [3.05, 3.63) is 59.7 Å². The Balaban J connectivity index is 2.22. The van der Waals surface area contributed by atoms with Crippen molar-refractivity contribution in [1.29, 1.82) is 0 Å². The summed E-state index contributed by atoms with van der Waals surface area (Å²) in [7, 11) is 5.89. The Bertz CT molecular complexity index is 1050. The quantitative estimate of drug-likeness (QED) is 0.246. The van der Waals surface area contributed by atoms with E-state index in [2.05, 4.69) is 9.05 Å². The molecule has 2 aliphatic rings. The van der Waals surface area contributed by atoms with Gasteiger partial charge in [0.2, 0.25) is 0 Å². The second kappa shape index (κ2) is 6.41. The maximum absolute atomic E-state index is 14.1. The SMILES string of the molecule is [B-]P12(OC(C(F)(F)F)(C(F)(F)F)c3ccccc31)OC(C(F)(F)F)(C(F)(F)F)c1ccccc12. The Hall–Kier alpha value is -1.99. The predicted octanol–water partition coefficient (Wildman–Crippen LogP) is 5.80. The molecule has 16 heteroatoms. The Morgan fingerprint density at radius 3 is 1.06 bits per heavy atom. The molecule has 2 aromatic carbocycles. The summed E-state index contributed by atoms with van der Waals surface area (Å²) in [5.41, 5.74) is -14.4. The van der Waals surface area contributed by atoms with Crippen molar-refractivity contribution in [2.24, 2.45) is 0 Å². The Labute approximate surface area is 183 Å². The topological polar surface area (TPSA) is 18.5 Å². The molecule has 0 amide bonds. The first-order valence-corrected chi connectivity index (χ1v) is 11.0. The van der Waals surface area contributed by atoms with Gasteiger partial charge >= 0.3 is 182 Å². The second-order valence-corrected chi connectivity index (χ2v) is 11.0. The monoisotopic (exact) mass is 526 g/mol. The summed E-state index contributed by atoms with van der Waals surface area (Å²) >= 11 is 0. The van der Waals surface area contributed by atoms with Gasteiger partial charge in [0.25, 0.3) is 0 Å². The zero-order valence-electron chi connectivity index (χ0n) is 16.0. The summed E-state index contributed by atoms with van der Waals surface area (Å²) in [5, 5.41) is -2.79. The summed E-state index contributed by atoms with van der Waals surface area (Å²) in [5.74, 6) is 0. The minimum atomic E-state index is -6.93. The third-order valence-electron chi connectivity index (χ3n) is 5.71. The van der Waals surface area contributed by atoms with Gasteiger partial charge in [-0.25, -0.2) is 0 Å². The van der Waals surface area contributed by atoms with Crippen LogP contribution in [0.25, 0.3) is 0 Å². The molecule has 0 saturated carbocycles. The first kappa shape index (κ1) is 25.1. The van der Waals surface area contributed by atoms with Crippen LogP contribution in [0.4, 0.5) is 52.7 Å². The molecule has 0 aromatic heterocycles. The Kier molecular flexibility index (Phi) is 4.74. The van der Waals surface area contributed by atoms with E-state index in [1.54, 1.807) is 0 Å². The van der Waals surface area contributed by atoms with Crippen LogP contribution in [0.15, 0.2) is 48.5 Å². The van der Waals surface area contributed by atoms with Gasteiger partial charge in [-0.2, -0.15) is 0 Å². The molecule has 2 nitrogen and oxygen atoms in total. The molecule has 0 fully saturated rings. The van der Waals surface area contributed by atoms with Crippen LogP contribution in [0, 0.1) is 0 Å². The van der Waals surface area contributed by atoms with Gasteiger partial charge in [0, 0.05) is 0 Å². The van der Waals surface area contributed by atoms with Crippen LogP contribution in [0.3, 0.4) is 0 Å². The number of hydrogen-bond donors (Lipinski definition) is 0. The number of fused-ring (bicyclic) bond motifs is 4. The molecule has 4 rings (SSSR count). The van der Waals surface area contributed by atoms with Crippen LogP contribution < -0.4 is 10.6 Å². The summed E-state index contributed by atoms with van der Waals surface area (Å²) in [6, 6.07) is 4.24. The minimum absolute atomic E-state index is 0.220. The number of halogens is 12. The molecule has 0 atom stereocenters. The van der Waals surface area contributed by atoms with Gasteiger partial charge < -0.3 is 0 Å². The average Bonchev–Trinajstić information content (AvgIpc) is 3.08. The predicted molar refractivity (Wildman–Crippen MR) is 94.6 cm³/mol. The van der Waals surface area contributed by atoms with Gasteiger partial charge in [-0.05, 0) is 0 Å². The Morgan fingerprint density at radius 1 is 0.529 bits per heavy atom. The van der Waals surface area contributed by atoms with E-state index in [1.807, 2.05) is 0 Å². The van der Waals surface area contributed by atoms with Crippen molar-refractivity contribution in [3.8, 4) is 0 Å². The average molecular weight is 526 g/mol. The van der Waals surface area contributed by atoms with E-state index in [9.17, 15) is 52.7 Å². The van der Waals surface area contributed by atoms with Crippen LogP contribution in [0.5, 0.6) is 0 Å². The van der Waals surface area contributed by atoms with E-state index in [0.29, 0.717) is 24.3 Å². The standard InChI is InChI=1S/C18H8BF12O2P/c19-34(11-7-3-1-5-9(11)13(32-34,15(20,21)22)16(23,24)25)12-8-4-2-6-10(12)14(33-34,17(26,27)28)18(29,30)31/h1-8H/q-1. The Morgan fingerprint density at radius 2 is 0.794 bits per heavy atom. The van der Waals surface area contributed by atoms with Crippen molar-refractivity contribution < 1.29 is 61.7 Å². The molecule has 2 aliphatic heterocycles. The van der Waals surface area contributed by atoms with Crippen molar-refractivity contribution in [2.75, 3.05) is 0 Å². The molecule has 0 bridgehead atoms. The molecule has 3 radical (unpaired) electrons. The van der Waals surface area contributed by atoms with E-state index in [1.165, 1.54) is 0 Å². The maximum atomic E-state index is 14.1. The summed E-state index contributed by atoms with van der Waals surface area (Å²) in [4.78, 5) is 0. The van der Waals surface area contributed by atoms with E-state index in [0.717, 1.165) is 12.1 Å². The number of rotatable bonds is 0. The van der Waals surface area contributed by atoms with Crippen molar-refractivity contribution in [1.82, 2.24) is 0 Å². The van der Waals surface area contributed by atoms with Gasteiger partial charge in [0.1, 0.15) is 0 Å². The van der Waals surface area contributed by atoms with Crippen molar-refractivity contribution in [2.45, 2.75) is 35.9 Å². The zero-order valence-corrected chi connectivity index (χ0v) is 16.9. The fourth-order valence-corrected chi connectivity index (χ4v) is 8.91. The van der Waals surface area contributed by atoms with Gasteiger partial charge in [0.05, 0.1) is 0 Å². The molecule has 2 heterocycles. The van der Waals surface area contributed by atoms with E-state index < -0.39 is 64.6 Å². The van der Waals surface area contributed by atoms with Crippen molar-refractivity contribution >= 4 is 25.1 Å². The van der Waals surface area contributed by atoms with Crippen LogP contribution in [0.2, 0.25) is 0 Å². The normalized spacial score (nSPS) is 23.7. The first-order valence-electron chi connectivity index (χ1n) is 8.90. The van der Waals surface area contributed by atoms with E-state index in [-0.39, 0.29) is 12.1 Å². The summed E-state index contributed by atoms with van der Waals surface area (Å²) < 4.78 is 177. The number of alkyl halides is 12. The van der Waals surface area contributed by atoms with Crippen LogP contribution >= 0.6 is 6.94 Å². The van der Waals surface area contributed by atoms with Gasteiger partial charge in [-0.1, -0.05) is 0 Å². The van der Waals surface area contributed by atoms with Crippen molar-refractivity contribution in [3.63, 3.8) is 0 Å². The van der Waals surface area contributed by atoms with Crippen LogP contribution in [0.1, 0.15) is 11.1 Å². The molecule has 0 aliphatic carbocycles. The first-order chi connectivity index (χ1) is 15.2. The second-order valence-electron chi connectivity index (χ2n) is 7.59. The molecule has 0 unspecified atom stereocenters.